The van der Waals surface area contributed by atoms with Gasteiger partial charge in [-0.25, -0.2) is 4.83 Å². The lowest BCUT2D eigenvalue weighted by Crippen LogP contribution is -2.18. The van der Waals surface area contributed by atoms with Crippen LogP contribution >= 0.6 is 0 Å². The highest BCUT2D eigenvalue weighted by Crippen LogP contribution is 2.29. The average molecular weight is 342 g/mol. The van der Waals surface area contributed by atoms with Crippen molar-refractivity contribution in [3.8, 4) is 0 Å². The third kappa shape index (κ3) is 4.56. The average Bonchev–Trinajstić information content (AvgIpc) is 2.47. The number of nitrogens with one attached hydrogen (secondary N) is 1. The Hall–Kier alpha value is -2.35. The molecule has 0 saturated heterocycles. The van der Waals surface area contributed by atoms with E-state index in [1.54, 1.807) is 12.1 Å². The normalized spacial score (nSPS) is 12.5. The third-order valence-corrected chi connectivity index (χ3v) is 4.17. The van der Waals surface area contributed by atoms with E-state index in [2.05, 4.69) is 5.10 Å². The predicted octanol–water partition coefficient (Wildman–Crippen LogP) is 3.33. The van der Waals surface area contributed by atoms with E-state index in [9.17, 15) is 21.6 Å². The van der Waals surface area contributed by atoms with Crippen LogP contribution in [0.25, 0.3) is 0 Å². The van der Waals surface area contributed by atoms with Gasteiger partial charge in [0, 0.05) is 0 Å². The minimum Gasteiger partial charge on any atom is -0.200 e. The first-order valence-corrected chi connectivity index (χ1v) is 7.95. The van der Waals surface area contributed by atoms with Gasteiger partial charge in [-0.1, -0.05) is 29.8 Å². The fourth-order valence-corrected chi connectivity index (χ4v) is 2.53. The van der Waals surface area contributed by atoms with E-state index in [0.717, 1.165) is 23.9 Å². The van der Waals surface area contributed by atoms with E-state index in [4.69, 9.17) is 0 Å². The standard InChI is InChI=1S/C15H13F3N2O2S/c1-11-5-7-14(8-6-11)23(21,22)20-19-10-12-3-2-4-13(9-12)15(16,17)18/h2-10,20H,1H3. The fraction of sp³-hybridized carbons (Fsp3) is 0.133. The number of benzene rings is 2. The number of sulfonamides is 1. The maximum atomic E-state index is 12.6. The van der Waals surface area contributed by atoms with Gasteiger partial charge in [0.25, 0.3) is 10.0 Å². The summed E-state index contributed by atoms with van der Waals surface area (Å²) in [6.07, 6.45) is -3.45. The topological polar surface area (TPSA) is 58.5 Å². The van der Waals surface area contributed by atoms with Crippen LogP contribution in [0.2, 0.25) is 0 Å². The second-order valence-electron chi connectivity index (χ2n) is 4.79. The molecule has 23 heavy (non-hydrogen) atoms. The first-order chi connectivity index (χ1) is 10.7. The molecule has 2 rings (SSSR count). The summed E-state index contributed by atoms with van der Waals surface area (Å²) in [7, 11) is -3.86. The van der Waals surface area contributed by atoms with Gasteiger partial charge in [-0.05, 0) is 36.8 Å². The number of nitrogens with zero attached hydrogens (tertiary/aromatic N) is 1. The van der Waals surface area contributed by atoms with Crippen molar-refractivity contribution < 1.29 is 21.6 Å². The lowest BCUT2D eigenvalue weighted by Gasteiger charge is -2.06. The highest BCUT2D eigenvalue weighted by molar-refractivity contribution is 7.89. The fourth-order valence-electron chi connectivity index (χ4n) is 1.74. The molecule has 0 unspecified atom stereocenters. The van der Waals surface area contributed by atoms with Crippen molar-refractivity contribution in [1.29, 1.82) is 0 Å². The Labute approximate surface area is 131 Å². The van der Waals surface area contributed by atoms with Crippen LogP contribution in [-0.2, 0) is 16.2 Å². The molecule has 0 spiro atoms. The smallest absolute Gasteiger partial charge is 0.200 e. The Morgan fingerprint density at radius 2 is 1.74 bits per heavy atom. The van der Waals surface area contributed by atoms with Crippen LogP contribution < -0.4 is 4.83 Å². The molecule has 8 heteroatoms. The predicted molar refractivity (Wildman–Crippen MR) is 80.5 cm³/mol. The molecule has 0 aliphatic heterocycles. The third-order valence-electron chi connectivity index (χ3n) is 2.93. The maximum Gasteiger partial charge on any atom is 0.416 e. The van der Waals surface area contributed by atoms with Crippen molar-refractivity contribution in [2.75, 3.05) is 0 Å². The Morgan fingerprint density at radius 3 is 2.35 bits per heavy atom. The number of hydrogen-bond acceptors (Lipinski definition) is 3. The minimum atomic E-state index is -4.47. The molecular formula is C15H13F3N2O2S. The minimum absolute atomic E-state index is 0.0179. The summed E-state index contributed by atoms with van der Waals surface area (Å²) < 4.78 is 61.6. The van der Waals surface area contributed by atoms with E-state index in [-0.39, 0.29) is 10.5 Å². The molecule has 4 nitrogen and oxygen atoms in total. The Kier molecular flexibility index (Phi) is 4.74. The van der Waals surface area contributed by atoms with Gasteiger partial charge in [0.2, 0.25) is 0 Å². The molecule has 0 aliphatic carbocycles. The van der Waals surface area contributed by atoms with Gasteiger partial charge in [0.05, 0.1) is 16.7 Å². The molecule has 0 aliphatic rings. The van der Waals surface area contributed by atoms with Gasteiger partial charge < -0.3 is 0 Å². The summed E-state index contributed by atoms with van der Waals surface area (Å²) in [5.41, 5.74) is 0.200. The molecule has 0 radical (unpaired) electrons. The van der Waals surface area contributed by atoms with Crippen molar-refractivity contribution in [1.82, 2.24) is 4.83 Å². The van der Waals surface area contributed by atoms with Gasteiger partial charge >= 0.3 is 6.18 Å². The number of aryl methyl sites for hydroxylation is 1. The lowest BCUT2D eigenvalue weighted by atomic mass is 10.1. The van der Waals surface area contributed by atoms with E-state index < -0.39 is 21.8 Å². The maximum absolute atomic E-state index is 12.6. The van der Waals surface area contributed by atoms with Crippen molar-refractivity contribution >= 4 is 16.2 Å². The molecule has 2 aromatic carbocycles. The number of hydrazone groups is 1. The summed E-state index contributed by atoms with van der Waals surface area (Å²) in [4.78, 5) is 1.98. The largest absolute Gasteiger partial charge is 0.416 e. The first-order valence-electron chi connectivity index (χ1n) is 6.47. The van der Waals surface area contributed by atoms with Crippen molar-refractivity contribution in [3.63, 3.8) is 0 Å². The highest BCUT2D eigenvalue weighted by atomic mass is 32.2. The summed E-state index contributed by atoms with van der Waals surface area (Å²) in [5, 5.41) is 3.50. The molecule has 0 aromatic heterocycles. The zero-order valence-electron chi connectivity index (χ0n) is 12.0. The van der Waals surface area contributed by atoms with Crippen LogP contribution in [0.3, 0.4) is 0 Å². The molecule has 0 heterocycles. The summed E-state index contributed by atoms with van der Waals surface area (Å²) >= 11 is 0. The van der Waals surface area contributed by atoms with Gasteiger partial charge in [0.15, 0.2) is 0 Å². The van der Waals surface area contributed by atoms with Crippen LogP contribution in [0.5, 0.6) is 0 Å². The van der Waals surface area contributed by atoms with E-state index in [0.29, 0.717) is 0 Å². The summed E-state index contributed by atoms with van der Waals surface area (Å²) in [6, 6.07) is 10.5. The number of alkyl halides is 3. The molecule has 122 valence electrons. The SMILES string of the molecule is Cc1ccc(S(=O)(=O)NN=Cc2cccc(C(F)(F)F)c2)cc1. The van der Waals surface area contributed by atoms with Crippen molar-refractivity contribution in [2.45, 2.75) is 18.0 Å². The summed E-state index contributed by atoms with van der Waals surface area (Å²) in [5.74, 6) is 0. The molecule has 0 saturated carbocycles. The molecule has 0 atom stereocenters. The Balaban J connectivity index is 2.14. The van der Waals surface area contributed by atoms with Crippen molar-refractivity contribution in [2.24, 2.45) is 5.10 Å². The van der Waals surface area contributed by atoms with Crippen LogP contribution in [0, 0.1) is 6.92 Å². The second-order valence-corrected chi connectivity index (χ2v) is 6.45. The Bertz CT molecular complexity index is 813. The molecule has 0 bridgehead atoms. The quantitative estimate of drug-likeness (QED) is 0.684. The van der Waals surface area contributed by atoms with Gasteiger partial charge in [-0.3, -0.25) is 0 Å². The van der Waals surface area contributed by atoms with Crippen molar-refractivity contribution in [3.05, 3.63) is 65.2 Å². The zero-order valence-corrected chi connectivity index (χ0v) is 12.8. The number of rotatable bonds is 4. The molecule has 0 fully saturated rings. The van der Waals surface area contributed by atoms with Crippen LogP contribution in [0.1, 0.15) is 16.7 Å². The van der Waals surface area contributed by atoms with E-state index in [1.165, 1.54) is 24.3 Å². The number of halogens is 3. The summed E-state index contributed by atoms with van der Waals surface area (Å²) in [6.45, 7) is 1.82. The van der Waals surface area contributed by atoms with Gasteiger partial charge in [0.1, 0.15) is 0 Å². The monoisotopic (exact) mass is 342 g/mol. The lowest BCUT2D eigenvalue weighted by molar-refractivity contribution is -0.137. The highest BCUT2D eigenvalue weighted by Gasteiger charge is 2.30. The van der Waals surface area contributed by atoms with Crippen LogP contribution in [0.15, 0.2) is 58.5 Å². The molecule has 0 amide bonds. The molecule has 2 aromatic rings. The van der Waals surface area contributed by atoms with E-state index in [1.807, 2.05) is 11.8 Å². The first kappa shape index (κ1) is 17.0. The Morgan fingerprint density at radius 1 is 1.09 bits per heavy atom. The van der Waals surface area contributed by atoms with Gasteiger partial charge in [-0.15, -0.1) is 0 Å². The molecule has 1 N–H and O–H groups in total. The van der Waals surface area contributed by atoms with Gasteiger partial charge in [-0.2, -0.15) is 26.7 Å². The number of hydrogen-bond donors (Lipinski definition) is 1. The van der Waals surface area contributed by atoms with Crippen LogP contribution in [-0.4, -0.2) is 14.6 Å². The van der Waals surface area contributed by atoms with E-state index >= 15 is 0 Å². The second kappa shape index (κ2) is 6.41. The zero-order chi connectivity index (χ0) is 17.1. The molecular weight excluding hydrogens is 329 g/mol. The van der Waals surface area contributed by atoms with Crippen LogP contribution in [0.4, 0.5) is 13.2 Å².